The minimum Gasteiger partial charge on any atom is -0.207 e. The molecular formula is C14H14ClNO2S. The number of halogens is 1. The van der Waals surface area contributed by atoms with Gasteiger partial charge in [0.1, 0.15) is 4.90 Å². The van der Waals surface area contributed by atoms with Crippen LogP contribution in [0.4, 0.5) is 0 Å². The van der Waals surface area contributed by atoms with Gasteiger partial charge in [-0.15, -0.1) is 0 Å². The summed E-state index contributed by atoms with van der Waals surface area (Å²) >= 11 is 5.89. The molecule has 3 nitrogen and oxygen atoms in total. The zero-order valence-electron chi connectivity index (χ0n) is 10.4. The number of benzene rings is 2. The largest absolute Gasteiger partial charge is 0.242 e. The lowest BCUT2D eigenvalue weighted by molar-refractivity contribution is 0.581. The molecule has 0 saturated carbocycles. The number of nitrogens with one attached hydrogen (secondary N) is 1. The molecule has 100 valence electrons. The van der Waals surface area contributed by atoms with Crippen LogP contribution in [0.15, 0.2) is 53.4 Å². The van der Waals surface area contributed by atoms with E-state index in [9.17, 15) is 8.42 Å². The molecule has 0 aromatic heterocycles. The summed E-state index contributed by atoms with van der Waals surface area (Å²) in [4.78, 5) is 0.101. The first-order valence-corrected chi connectivity index (χ1v) is 7.65. The molecule has 2 rings (SSSR count). The summed E-state index contributed by atoms with van der Waals surface area (Å²) in [6.45, 7) is 2.23. The van der Waals surface area contributed by atoms with Crippen molar-refractivity contribution in [3.8, 4) is 0 Å². The van der Waals surface area contributed by atoms with E-state index in [4.69, 9.17) is 11.6 Å². The van der Waals surface area contributed by atoms with Gasteiger partial charge in [-0.2, -0.15) is 0 Å². The Kier molecular flexibility index (Phi) is 4.24. The summed E-state index contributed by atoms with van der Waals surface area (Å²) in [6.07, 6.45) is 0. The summed E-state index contributed by atoms with van der Waals surface area (Å²) in [7, 11) is -3.58. The maximum atomic E-state index is 12.1. The second-order valence-corrected chi connectivity index (χ2v) is 6.38. The summed E-state index contributed by atoms with van der Waals surface area (Å²) < 4.78 is 26.7. The Hall–Kier alpha value is -1.36. The average molecular weight is 296 g/mol. The molecule has 0 amide bonds. The van der Waals surface area contributed by atoms with Crippen molar-refractivity contribution in [3.05, 3.63) is 64.7 Å². The van der Waals surface area contributed by atoms with E-state index in [1.807, 2.05) is 31.2 Å². The van der Waals surface area contributed by atoms with Crippen LogP contribution in [-0.4, -0.2) is 8.42 Å². The van der Waals surface area contributed by atoms with E-state index >= 15 is 0 Å². The lowest BCUT2D eigenvalue weighted by atomic mass is 10.2. The Morgan fingerprint density at radius 1 is 1.05 bits per heavy atom. The van der Waals surface area contributed by atoms with Crippen LogP contribution < -0.4 is 4.72 Å². The molecule has 0 aliphatic heterocycles. The van der Waals surface area contributed by atoms with Crippen molar-refractivity contribution < 1.29 is 8.42 Å². The standard InChI is InChI=1S/C14H14ClNO2S/c1-11-6-8-12(9-7-11)10-16-19(17,18)14-5-3-2-4-13(14)15/h2-9,16H,10H2,1H3. The maximum absolute atomic E-state index is 12.1. The topological polar surface area (TPSA) is 46.2 Å². The maximum Gasteiger partial charge on any atom is 0.242 e. The highest BCUT2D eigenvalue weighted by atomic mass is 35.5. The van der Waals surface area contributed by atoms with Crippen molar-refractivity contribution in [1.82, 2.24) is 4.72 Å². The van der Waals surface area contributed by atoms with Gasteiger partial charge in [0.05, 0.1) is 5.02 Å². The molecule has 0 bridgehead atoms. The van der Waals surface area contributed by atoms with Gasteiger partial charge in [-0.3, -0.25) is 0 Å². The molecule has 0 fully saturated rings. The first-order valence-electron chi connectivity index (χ1n) is 5.79. The number of hydrogen-bond acceptors (Lipinski definition) is 2. The van der Waals surface area contributed by atoms with Crippen LogP contribution >= 0.6 is 11.6 Å². The van der Waals surface area contributed by atoms with Crippen molar-refractivity contribution in [2.24, 2.45) is 0 Å². The Bertz CT molecular complexity index is 666. The first kappa shape index (κ1) is 14.1. The molecule has 0 spiro atoms. The second-order valence-electron chi connectivity index (χ2n) is 4.24. The van der Waals surface area contributed by atoms with E-state index in [2.05, 4.69) is 4.72 Å². The molecule has 0 saturated heterocycles. The van der Waals surface area contributed by atoms with Crippen LogP contribution in [0.1, 0.15) is 11.1 Å². The molecule has 0 heterocycles. The molecule has 0 aliphatic carbocycles. The van der Waals surface area contributed by atoms with Crippen LogP contribution in [0.2, 0.25) is 5.02 Å². The number of hydrogen-bond donors (Lipinski definition) is 1. The molecule has 1 N–H and O–H groups in total. The van der Waals surface area contributed by atoms with E-state index in [-0.39, 0.29) is 16.5 Å². The Morgan fingerprint density at radius 3 is 2.32 bits per heavy atom. The van der Waals surface area contributed by atoms with Gasteiger partial charge < -0.3 is 0 Å². The molecular weight excluding hydrogens is 282 g/mol. The van der Waals surface area contributed by atoms with Crippen molar-refractivity contribution in [2.75, 3.05) is 0 Å². The minimum absolute atomic E-state index is 0.101. The summed E-state index contributed by atoms with van der Waals surface area (Å²) in [5.74, 6) is 0. The number of aryl methyl sites for hydroxylation is 1. The van der Waals surface area contributed by atoms with Gasteiger partial charge in [-0.25, -0.2) is 13.1 Å². The molecule has 0 aliphatic rings. The molecule has 2 aromatic carbocycles. The summed E-state index contributed by atoms with van der Waals surface area (Å²) in [5, 5.41) is 0.221. The monoisotopic (exact) mass is 295 g/mol. The van der Waals surface area contributed by atoms with Crippen molar-refractivity contribution in [1.29, 1.82) is 0 Å². The van der Waals surface area contributed by atoms with Gasteiger partial charge in [-0.05, 0) is 24.6 Å². The van der Waals surface area contributed by atoms with E-state index in [1.54, 1.807) is 18.2 Å². The van der Waals surface area contributed by atoms with Gasteiger partial charge in [0.2, 0.25) is 10.0 Å². The van der Waals surface area contributed by atoms with Gasteiger partial charge in [-0.1, -0.05) is 53.6 Å². The van der Waals surface area contributed by atoms with E-state index in [0.29, 0.717) is 0 Å². The second kappa shape index (κ2) is 5.74. The highest BCUT2D eigenvalue weighted by Crippen LogP contribution is 2.20. The number of rotatable bonds is 4. The van der Waals surface area contributed by atoms with E-state index in [0.717, 1.165) is 11.1 Å². The van der Waals surface area contributed by atoms with Crippen molar-refractivity contribution >= 4 is 21.6 Å². The smallest absolute Gasteiger partial charge is 0.207 e. The zero-order valence-corrected chi connectivity index (χ0v) is 12.0. The van der Waals surface area contributed by atoms with Crippen LogP contribution in [-0.2, 0) is 16.6 Å². The predicted molar refractivity (Wildman–Crippen MR) is 76.7 cm³/mol. The predicted octanol–water partition coefficient (Wildman–Crippen LogP) is 3.13. The fraction of sp³-hybridized carbons (Fsp3) is 0.143. The fourth-order valence-corrected chi connectivity index (χ4v) is 3.16. The lowest BCUT2D eigenvalue weighted by Gasteiger charge is -2.08. The van der Waals surface area contributed by atoms with Crippen LogP contribution in [0, 0.1) is 6.92 Å². The minimum atomic E-state index is -3.58. The average Bonchev–Trinajstić information content (AvgIpc) is 2.38. The fourth-order valence-electron chi connectivity index (χ4n) is 1.62. The van der Waals surface area contributed by atoms with E-state index < -0.39 is 10.0 Å². The summed E-state index contributed by atoms with van der Waals surface area (Å²) in [6, 6.07) is 14.1. The van der Waals surface area contributed by atoms with Crippen molar-refractivity contribution in [2.45, 2.75) is 18.4 Å². The molecule has 0 unspecified atom stereocenters. The number of sulfonamides is 1. The van der Waals surface area contributed by atoms with Gasteiger partial charge in [0.15, 0.2) is 0 Å². The molecule has 19 heavy (non-hydrogen) atoms. The van der Waals surface area contributed by atoms with Crippen LogP contribution in [0.25, 0.3) is 0 Å². The molecule has 5 heteroatoms. The van der Waals surface area contributed by atoms with Gasteiger partial charge >= 0.3 is 0 Å². The highest BCUT2D eigenvalue weighted by molar-refractivity contribution is 7.89. The Balaban J connectivity index is 2.14. The first-order chi connectivity index (χ1) is 8.99. The molecule has 0 atom stereocenters. The van der Waals surface area contributed by atoms with Crippen molar-refractivity contribution in [3.63, 3.8) is 0 Å². The van der Waals surface area contributed by atoms with Crippen LogP contribution in [0.3, 0.4) is 0 Å². The van der Waals surface area contributed by atoms with Crippen LogP contribution in [0.5, 0.6) is 0 Å². The zero-order chi connectivity index (χ0) is 13.9. The van der Waals surface area contributed by atoms with E-state index in [1.165, 1.54) is 6.07 Å². The van der Waals surface area contributed by atoms with Gasteiger partial charge in [0.25, 0.3) is 0 Å². The lowest BCUT2D eigenvalue weighted by Crippen LogP contribution is -2.23. The third kappa shape index (κ3) is 3.56. The van der Waals surface area contributed by atoms with Gasteiger partial charge in [0, 0.05) is 6.54 Å². The normalized spacial score (nSPS) is 11.5. The third-order valence-electron chi connectivity index (χ3n) is 2.71. The molecule has 2 aromatic rings. The quantitative estimate of drug-likeness (QED) is 0.942. The highest BCUT2D eigenvalue weighted by Gasteiger charge is 2.16. The summed E-state index contributed by atoms with van der Waals surface area (Å²) in [5.41, 5.74) is 2.04. The third-order valence-corrected chi connectivity index (χ3v) is 4.61. The Morgan fingerprint density at radius 2 is 1.68 bits per heavy atom. The molecule has 0 radical (unpaired) electrons. The Labute approximate surface area is 118 Å². The SMILES string of the molecule is Cc1ccc(CNS(=O)(=O)c2ccccc2Cl)cc1.